The van der Waals surface area contributed by atoms with Crippen LogP contribution in [0.3, 0.4) is 0 Å². The maximum Gasteiger partial charge on any atom is 0.261 e. The van der Waals surface area contributed by atoms with Crippen molar-refractivity contribution in [1.29, 1.82) is 0 Å². The van der Waals surface area contributed by atoms with Crippen LogP contribution in [0.1, 0.15) is 16.7 Å². The summed E-state index contributed by atoms with van der Waals surface area (Å²) in [4.78, 5) is 0.250. The minimum atomic E-state index is -3.63. The average Bonchev–Trinajstić information content (AvgIpc) is 2.95. The van der Waals surface area contributed by atoms with Crippen LogP contribution in [0.5, 0.6) is 0 Å². The lowest BCUT2D eigenvalue weighted by Crippen LogP contribution is -2.13. The number of anilines is 1. The van der Waals surface area contributed by atoms with Crippen LogP contribution in [0.2, 0.25) is 5.02 Å². The fourth-order valence-corrected chi connectivity index (χ4v) is 3.73. The molecule has 25 heavy (non-hydrogen) atoms. The predicted molar refractivity (Wildman–Crippen MR) is 99.5 cm³/mol. The molecular weight excluding hydrogens is 358 g/mol. The second-order valence-electron chi connectivity index (χ2n) is 5.91. The smallest absolute Gasteiger partial charge is 0.261 e. The van der Waals surface area contributed by atoms with Gasteiger partial charge in [-0.15, -0.1) is 0 Å². The fraction of sp³-hybridized carbons (Fsp3) is 0.167. The van der Waals surface area contributed by atoms with Crippen molar-refractivity contribution in [3.63, 3.8) is 0 Å². The molecule has 130 valence electrons. The highest BCUT2D eigenvalue weighted by Gasteiger charge is 2.15. The predicted octanol–water partition coefficient (Wildman–Crippen LogP) is 4.00. The van der Waals surface area contributed by atoms with Crippen molar-refractivity contribution in [1.82, 2.24) is 9.78 Å². The van der Waals surface area contributed by atoms with E-state index in [2.05, 4.69) is 9.82 Å². The Labute approximate surface area is 152 Å². The summed E-state index contributed by atoms with van der Waals surface area (Å²) in [6, 6.07) is 12.3. The van der Waals surface area contributed by atoms with Gasteiger partial charge in [0.05, 0.1) is 22.7 Å². The van der Waals surface area contributed by atoms with E-state index in [0.29, 0.717) is 17.3 Å². The number of benzene rings is 2. The highest BCUT2D eigenvalue weighted by molar-refractivity contribution is 7.92. The van der Waals surface area contributed by atoms with E-state index in [4.69, 9.17) is 11.6 Å². The van der Waals surface area contributed by atoms with Gasteiger partial charge in [-0.05, 0) is 54.8 Å². The topological polar surface area (TPSA) is 64.0 Å². The van der Waals surface area contributed by atoms with Gasteiger partial charge in [0, 0.05) is 11.9 Å². The zero-order valence-electron chi connectivity index (χ0n) is 13.9. The first-order valence-electron chi connectivity index (χ1n) is 7.70. The van der Waals surface area contributed by atoms with Gasteiger partial charge in [-0.1, -0.05) is 29.8 Å². The second kappa shape index (κ2) is 6.90. The van der Waals surface area contributed by atoms with Crippen molar-refractivity contribution in [2.24, 2.45) is 0 Å². The number of aryl methyl sites for hydroxylation is 2. The monoisotopic (exact) mass is 375 g/mol. The van der Waals surface area contributed by atoms with Gasteiger partial charge in [0.15, 0.2) is 0 Å². The molecule has 0 fully saturated rings. The Morgan fingerprint density at radius 2 is 1.92 bits per heavy atom. The zero-order chi connectivity index (χ0) is 18.0. The van der Waals surface area contributed by atoms with Crippen LogP contribution < -0.4 is 4.72 Å². The van der Waals surface area contributed by atoms with E-state index in [1.807, 2.05) is 26.0 Å². The molecule has 2 aromatic carbocycles. The van der Waals surface area contributed by atoms with Gasteiger partial charge in [-0.2, -0.15) is 5.10 Å². The van der Waals surface area contributed by atoms with Crippen LogP contribution in [-0.4, -0.2) is 18.2 Å². The number of halogens is 1. The van der Waals surface area contributed by atoms with E-state index < -0.39 is 10.0 Å². The summed E-state index contributed by atoms with van der Waals surface area (Å²) in [5, 5.41) is 4.69. The molecule has 0 aliphatic heterocycles. The SMILES string of the molecule is Cc1ccc(S(=O)(=O)Nc2cccc(Cn3cc(Cl)cn3)c2)cc1C. The summed E-state index contributed by atoms with van der Waals surface area (Å²) in [6.45, 7) is 4.35. The Morgan fingerprint density at radius 3 is 2.60 bits per heavy atom. The molecular formula is C18H18ClN3O2S. The first-order valence-corrected chi connectivity index (χ1v) is 9.56. The van der Waals surface area contributed by atoms with Crippen molar-refractivity contribution >= 4 is 27.3 Å². The lowest BCUT2D eigenvalue weighted by atomic mass is 10.1. The molecule has 0 aliphatic carbocycles. The first kappa shape index (κ1) is 17.5. The molecule has 1 heterocycles. The van der Waals surface area contributed by atoms with Crippen LogP contribution in [0.25, 0.3) is 0 Å². The molecule has 0 atom stereocenters. The van der Waals surface area contributed by atoms with E-state index >= 15 is 0 Å². The largest absolute Gasteiger partial charge is 0.280 e. The molecule has 5 nitrogen and oxygen atoms in total. The van der Waals surface area contributed by atoms with Gasteiger partial charge in [0.1, 0.15) is 0 Å². The quantitative estimate of drug-likeness (QED) is 0.733. The van der Waals surface area contributed by atoms with Crippen molar-refractivity contribution in [3.8, 4) is 0 Å². The number of nitrogens with zero attached hydrogens (tertiary/aromatic N) is 2. The van der Waals surface area contributed by atoms with Crippen LogP contribution in [0.15, 0.2) is 59.8 Å². The summed E-state index contributed by atoms with van der Waals surface area (Å²) in [6.07, 6.45) is 3.28. The summed E-state index contributed by atoms with van der Waals surface area (Å²) < 4.78 is 29.5. The first-order chi connectivity index (χ1) is 11.8. The van der Waals surface area contributed by atoms with Crippen molar-refractivity contribution < 1.29 is 8.42 Å². The van der Waals surface area contributed by atoms with Crippen LogP contribution in [0, 0.1) is 13.8 Å². The molecule has 0 bridgehead atoms. The summed E-state index contributed by atoms with van der Waals surface area (Å²) in [7, 11) is -3.63. The standard InChI is InChI=1S/C18H18ClN3O2S/c1-13-6-7-18(8-14(13)2)25(23,24)21-17-5-3-4-15(9-17)11-22-12-16(19)10-20-22/h3-10,12,21H,11H2,1-2H3. The maximum absolute atomic E-state index is 12.6. The number of rotatable bonds is 5. The van der Waals surface area contributed by atoms with E-state index in [-0.39, 0.29) is 4.90 Å². The number of aromatic nitrogens is 2. The van der Waals surface area contributed by atoms with Gasteiger partial charge < -0.3 is 0 Å². The molecule has 0 aliphatic rings. The van der Waals surface area contributed by atoms with Gasteiger partial charge >= 0.3 is 0 Å². The fourth-order valence-electron chi connectivity index (χ4n) is 2.44. The van der Waals surface area contributed by atoms with Gasteiger partial charge in [-0.3, -0.25) is 9.40 Å². The Bertz CT molecular complexity index is 1010. The highest BCUT2D eigenvalue weighted by atomic mass is 35.5. The highest BCUT2D eigenvalue weighted by Crippen LogP contribution is 2.20. The molecule has 0 saturated carbocycles. The van der Waals surface area contributed by atoms with Gasteiger partial charge in [0.25, 0.3) is 10.0 Å². The van der Waals surface area contributed by atoms with Crippen molar-refractivity contribution in [2.45, 2.75) is 25.3 Å². The zero-order valence-corrected chi connectivity index (χ0v) is 15.5. The Hall–Kier alpha value is -2.31. The third kappa shape index (κ3) is 4.21. The molecule has 0 spiro atoms. The molecule has 7 heteroatoms. The molecule has 3 rings (SSSR count). The van der Waals surface area contributed by atoms with E-state index in [1.54, 1.807) is 47.4 Å². The number of hydrogen-bond donors (Lipinski definition) is 1. The molecule has 0 unspecified atom stereocenters. The summed E-state index contributed by atoms with van der Waals surface area (Å²) >= 11 is 5.86. The van der Waals surface area contributed by atoms with Crippen molar-refractivity contribution in [3.05, 3.63) is 76.6 Å². The molecule has 1 N–H and O–H groups in total. The number of hydrogen-bond acceptors (Lipinski definition) is 3. The Kier molecular flexibility index (Phi) is 4.83. The van der Waals surface area contributed by atoms with Crippen LogP contribution in [0.4, 0.5) is 5.69 Å². The maximum atomic E-state index is 12.6. The minimum Gasteiger partial charge on any atom is -0.280 e. The third-order valence-corrected chi connectivity index (χ3v) is 5.49. The second-order valence-corrected chi connectivity index (χ2v) is 8.03. The molecule has 0 radical (unpaired) electrons. The Balaban J connectivity index is 1.82. The van der Waals surface area contributed by atoms with Crippen molar-refractivity contribution in [2.75, 3.05) is 4.72 Å². The lowest BCUT2D eigenvalue weighted by Gasteiger charge is -2.11. The normalized spacial score (nSPS) is 11.5. The van der Waals surface area contributed by atoms with Crippen LogP contribution in [-0.2, 0) is 16.6 Å². The molecule has 0 saturated heterocycles. The lowest BCUT2D eigenvalue weighted by molar-refractivity contribution is 0.601. The van der Waals surface area contributed by atoms with E-state index in [0.717, 1.165) is 16.7 Å². The Morgan fingerprint density at radius 1 is 1.12 bits per heavy atom. The number of sulfonamides is 1. The number of nitrogens with one attached hydrogen (secondary N) is 1. The summed E-state index contributed by atoms with van der Waals surface area (Å²) in [5.41, 5.74) is 3.42. The average molecular weight is 376 g/mol. The van der Waals surface area contributed by atoms with E-state index in [1.165, 1.54) is 0 Å². The summed E-state index contributed by atoms with van der Waals surface area (Å²) in [5.74, 6) is 0. The minimum absolute atomic E-state index is 0.250. The van der Waals surface area contributed by atoms with E-state index in [9.17, 15) is 8.42 Å². The molecule has 0 amide bonds. The van der Waals surface area contributed by atoms with Gasteiger partial charge in [0.2, 0.25) is 0 Å². The van der Waals surface area contributed by atoms with Gasteiger partial charge in [-0.25, -0.2) is 8.42 Å². The molecule has 1 aromatic heterocycles. The third-order valence-electron chi connectivity index (χ3n) is 3.91. The van der Waals surface area contributed by atoms with Crippen LogP contribution >= 0.6 is 11.6 Å². The molecule has 3 aromatic rings.